The van der Waals surface area contributed by atoms with Crippen LogP contribution in [0.4, 0.5) is 10.5 Å². The predicted molar refractivity (Wildman–Crippen MR) is 103 cm³/mol. The van der Waals surface area contributed by atoms with Gasteiger partial charge in [-0.3, -0.25) is 4.79 Å². The van der Waals surface area contributed by atoms with Crippen molar-refractivity contribution in [1.82, 2.24) is 10.6 Å². The number of thiophene rings is 2. The molecule has 0 fully saturated rings. The number of nitrogens with one attached hydrogen (secondary N) is 3. The number of anilines is 1. The van der Waals surface area contributed by atoms with E-state index in [0.29, 0.717) is 17.1 Å². The van der Waals surface area contributed by atoms with E-state index in [1.165, 1.54) is 18.4 Å². The summed E-state index contributed by atoms with van der Waals surface area (Å²) in [6, 6.07) is 13.2. The second-order valence-corrected chi connectivity index (χ2v) is 7.07. The maximum atomic E-state index is 12.6. The minimum atomic E-state index is -0.355. The van der Waals surface area contributed by atoms with E-state index in [2.05, 4.69) is 16.0 Å². The van der Waals surface area contributed by atoms with Gasteiger partial charge in [0.05, 0.1) is 5.69 Å². The van der Waals surface area contributed by atoms with Gasteiger partial charge in [0.25, 0.3) is 5.91 Å². The Kier molecular flexibility index (Phi) is 5.47. The number of hydrogen-bond donors (Lipinski definition) is 3. The third kappa shape index (κ3) is 4.26. The van der Waals surface area contributed by atoms with Crippen molar-refractivity contribution in [2.24, 2.45) is 0 Å². The van der Waals surface area contributed by atoms with Gasteiger partial charge < -0.3 is 16.0 Å². The molecule has 0 radical (unpaired) electrons. The largest absolute Gasteiger partial charge is 0.347 e. The Morgan fingerprint density at radius 3 is 2.60 bits per heavy atom. The first-order chi connectivity index (χ1) is 12.2. The molecule has 3 aromatic rings. The van der Waals surface area contributed by atoms with Crippen molar-refractivity contribution in [2.75, 3.05) is 12.4 Å². The zero-order chi connectivity index (χ0) is 17.6. The maximum Gasteiger partial charge on any atom is 0.319 e. The summed E-state index contributed by atoms with van der Waals surface area (Å²) < 4.78 is 0. The van der Waals surface area contributed by atoms with E-state index in [-0.39, 0.29) is 11.9 Å². The minimum Gasteiger partial charge on any atom is -0.347 e. The lowest BCUT2D eigenvalue weighted by molar-refractivity contribution is 0.0956. The molecule has 3 amide bonds. The third-order valence-corrected chi connectivity index (χ3v) is 5.38. The Hall–Kier alpha value is -2.64. The first kappa shape index (κ1) is 17.2. The molecule has 2 heterocycles. The Bertz CT molecular complexity index is 858. The molecule has 1 aromatic carbocycles. The molecule has 0 unspecified atom stereocenters. The van der Waals surface area contributed by atoms with Crippen LogP contribution in [0, 0.1) is 0 Å². The fourth-order valence-corrected chi connectivity index (χ4v) is 4.00. The van der Waals surface area contributed by atoms with E-state index in [0.717, 1.165) is 16.0 Å². The highest BCUT2D eigenvalue weighted by Gasteiger charge is 2.18. The monoisotopic (exact) mass is 371 g/mol. The molecule has 0 atom stereocenters. The van der Waals surface area contributed by atoms with Crippen LogP contribution in [0.2, 0.25) is 0 Å². The first-order valence-corrected chi connectivity index (χ1v) is 9.40. The minimum absolute atomic E-state index is 0.207. The number of amides is 3. The predicted octanol–water partition coefficient (Wildman–Crippen LogP) is 4.16. The summed E-state index contributed by atoms with van der Waals surface area (Å²) >= 11 is 2.96. The van der Waals surface area contributed by atoms with Crippen LogP contribution in [0.3, 0.4) is 0 Å². The molecular weight excluding hydrogens is 354 g/mol. The zero-order valence-corrected chi connectivity index (χ0v) is 15.2. The third-order valence-electron chi connectivity index (χ3n) is 3.52. The molecule has 0 saturated heterocycles. The van der Waals surface area contributed by atoms with Gasteiger partial charge in [0.2, 0.25) is 0 Å². The first-order valence-electron chi connectivity index (χ1n) is 7.64. The van der Waals surface area contributed by atoms with Gasteiger partial charge in [0.1, 0.15) is 4.88 Å². The van der Waals surface area contributed by atoms with Gasteiger partial charge >= 0.3 is 6.03 Å². The number of rotatable bonds is 5. The van der Waals surface area contributed by atoms with E-state index >= 15 is 0 Å². The van der Waals surface area contributed by atoms with Gasteiger partial charge in [0.15, 0.2) is 0 Å². The molecule has 25 heavy (non-hydrogen) atoms. The molecule has 128 valence electrons. The van der Waals surface area contributed by atoms with Crippen molar-refractivity contribution in [3.63, 3.8) is 0 Å². The van der Waals surface area contributed by atoms with Crippen LogP contribution in [0.25, 0.3) is 10.4 Å². The summed E-state index contributed by atoms with van der Waals surface area (Å²) in [6.07, 6.45) is 0. The zero-order valence-electron chi connectivity index (χ0n) is 13.5. The van der Waals surface area contributed by atoms with Crippen molar-refractivity contribution in [3.05, 3.63) is 63.7 Å². The Labute approximate surface area is 153 Å². The highest BCUT2D eigenvalue weighted by molar-refractivity contribution is 7.18. The molecule has 5 nitrogen and oxygen atoms in total. The van der Waals surface area contributed by atoms with E-state index in [1.807, 2.05) is 53.2 Å². The van der Waals surface area contributed by atoms with Crippen molar-refractivity contribution < 1.29 is 9.59 Å². The number of benzene rings is 1. The van der Waals surface area contributed by atoms with Crippen LogP contribution in [0.5, 0.6) is 0 Å². The number of hydrogen-bond acceptors (Lipinski definition) is 4. The van der Waals surface area contributed by atoms with E-state index in [1.54, 1.807) is 11.3 Å². The van der Waals surface area contributed by atoms with Crippen LogP contribution in [0.15, 0.2) is 53.2 Å². The van der Waals surface area contributed by atoms with Crippen molar-refractivity contribution in [1.29, 1.82) is 0 Å². The average molecular weight is 371 g/mol. The average Bonchev–Trinajstić information content (AvgIpc) is 3.30. The maximum absolute atomic E-state index is 12.6. The Morgan fingerprint density at radius 2 is 1.92 bits per heavy atom. The molecular formula is C18H17N3O2S2. The molecule has 0 aliphatic carbocycles. The highest BCUT2D eigenvalue weighted by atomic mass is 32.1. The van der Waals surface area contributed by atoms with Crippen LogP contribution < -0.4 is 16.0 Å². The fraction of sp³-hybridized carbons (Fsp3) is 0.111. The van der Waals surface area contributed by atoms with Gasteiger partial charge in [-0.1, -0.05) is 30.3 Å². The van der Waals surface area contributed by atoms with Gasteiger partial charge in [-0.2, -0.15) is 11.3 Å². The van der Waals surface area contributed by atoms with Crippen molar-refractivity contribution >= 4 is 40.3 Å². The summed E-state index contributed by atoms with van der Waals surface area (Å²) in [4.78, 5) is 25.7. The molecule has 0 aliphatic heterocycles. The standard InChI is InChI=1S/C18H17N3O2S2/c1-19-18(23)21-14-9-15(13-7-8-24-11-13)25-16(14)17(22)20-10-12-5-3-2-4-6-12/h2-9,11H,10H2,1H3,(H,20,22)(H2,19,21,23). The van der Waals surface area contributed by atoms with E-state index < -0.39 is 0 Å². The Balaban J connectivity index is 1.82. The van der Waals surface area contributed by atoms with Gasteiger partial charge in [-0.25, -0.2) is 4.79 Å². The number of carbonyl (C=O) groups excluding carboxylic acids is 2. The molecule has 0 spiro atoms. The second-order valence-electron chi connectivity index (χ2n) is 5.24. The number of carbonyl (C=O) groups is 2. The second kappa shape index (κ2) is 7.96. The van der Waals surface area contributed by atoms with Crippen LogP contribution in [-0.4, -0.2) is 19.0 Å². The fourth-order valence-electron chi connectivity index (χ4n) is 2.24. The van der Waals surface area contributed by atoms with Crippen LogP contribution in [0.1, 0.15) is 15.2 Å². The van der Waals surface area contributed by atoms with Crippen molar-refractivity contribution in [3.8, 4) is 10.4 Å². The van der Waals surface area contributed by atoms with Crippen LogP contribution in [-0.2, 0) is 6.54 Å². The quantitative estimate of drug-likeness (QED) is 0.630. The van der Waals surface area contributed by atoms with Gasteiger partial charge in [0, 0.05) is 24.0 Å². The lowest BCUT2D eigenvalue weighted by atomic mass is 10.2. The summed E-state index contributed by atoms with van der Waals surface area (Å²) in [5.74, 6) is -0.207. The molecule has 0 aliphatic rings. The summed E-state index contributed by atoms with van der Waals surface area (Å²) in [5.41, 5.74) is 2.57. The summed E-state index contributed by atoms with van der Waals surface area (Å²) in [7, 11) is 1.54. The molecule has 3 rings (SSSR count). The van der Waals surface area contributed by atoms with Crippen LogP contribution >= 0.6 is 22.7 Å². The summed E-state index contributed by atoms with van der Waals surface area (Å²) in [6.45, 7) is 0.435. The van der Waals surface area contributed by atoms with E-state index in [9.17, 15) is 9.59 Å². The molecule has 0 saturated carbocycles. The topological polar surface area (TPSA) is 70.2 Å². The lowest BCUT2D eigenvalue weighted by Gasteiger charge is -2.07. The molecule has 3 N–H and O–H groups in total. The van der Waals surface area contributed by atoms with E-state index in [4.69, 9.17) is 0 Å². The van der Waals surface area contributed by atoms with Crippen molar-refractivity contribution in [2.45, 2.75) is 6.54 Å². The normalized spacial score (nSPS) is 10.3. The smallest absolute Gasteiger partial charge is 0.319 e. The number of urea groups is 1. The highest BCUT2D eigenvalue weighted by Crippen LogP contribution is 2.35. The Morgan fingerprint density at radius 1 is 1.12 bits per heavy atom. The SMILES string of the molecule is CNC(=O)Nc1cc(-c2ccsc2)sc1C(=O)NCc1ccccc1. The summed E-state index contributed by atoms with van der Waals surface area (Å²) in [5, 5.41) is 12.1. The van der Waals surface area contributed by atoms with Gasteiger partial charge in [-0.15, -0.1) is 11.3 Å². The lowest BCUT2D eigenvalue weighted by Crippen LogP contribution is -2.27. The van der Waals surface area contributed by atoms with Gasteiger partial charge in [-0.05, 0) is 28.5 Å². The molecule has 7 heteroatoms. The molecule has 0 bridgehead atoms. The molecule has 2 aromatic heterocycles.